The van der Waals surface area contributed by atoms with Gasteiger partial charge in [0.25, 0.3) is 0 Å². The van der Waals surface area contributed by atoms with E-state index in [1.165, 1.54) is 5.56 Å². The normalized spacial score (nSPS) is 11.9. The molecule has 0 saturated carbocycles. The van der Waals surface area contributed by atoms with Crippen LogP contribution in [0.4, 0.5) is 4.79 Å². The fourth-order valence-corrected chi connectivity index (χ4v) is 1.61. The molecule has 0 radical (unpaired) electrons. The molecule has 0 spiro atoms. The molecule has 0 aliphatic carbocycles. The van der Waals surface area contributed by atoms with Gasteiger partial charge in [-0.3, -0.25) is 0 Å². The van der Waals surface area contributed by atoms with E-state index in [4.69, 9.17) is 0 Å². The molecule has 0 aliphatic rings. The van der Waals surface area contributed by atoms with E-state index < -0.39 is 0 Å². The SMILES string of the molecule is CCCNC(=O)NC(C)c1ccc(CC)cc1. The van der Waals surface area contributed by atoms with Gasteiger partial charge in [-0.2, -0.15) is 0 Å². The standard InChI is InChI=1S/C14H22N2O/c1-4-10-15-14(17)16-11(3)13-8-6-12(5-2)7-9-13/h6-9,11H,4-5,10H2,1-3H3,(H2,15,16,17). The van der Waals surface area contributed by atoms with Crippen LogP contribution >= 0.6 is 0 Å². The second kappa shape index (κ2) is 6.94. The predicted octanol–water partition coefficient (Wildman–Crippen LogP) is 3.02. The molecule has 3 nitrogen and oxygen atoms in total. The Balaban J connectivity index is 2.51. The van der Waals surface area contributed by atoms with E-state index in [-0.39, 0.29) is 12.1 Å². The predicted molar refractivity (Wildman–Crippen MR) is 71.1 cm³/mol. The Labute approximate surface area is 104 Å². The number of amides is 2. The van der Waals surface area contributed by atoms with Gasteiger partial charge in [-0.15, -0.1) is 0 Å². The summed E-state index contributed by atoms with van der Waals surface area (Å²) in [5, 5.41) is 5.72. The van der Waals surface area contributed by atoms with E-state index in [1.54, 1.807) is 0 Å². The molecule has 3 heteroatoms. The first-order valence-corrected chi connectivity index (χ1v) is 6.30. The van der Waals surface area contributed by atoms with Gasteiger partial charge in [-0.1, -0.05) is 38.1 Å². The lowest BCUT2D eigenvalue weighted by Crippen LogP contribution is -2.37. The molecule has 2 N–H and O–H groups in total. The number of aryl methyl sites for hydroxylation is 1. The molecule has 1 rings (SSSR count). The number of carbonyl (C=O) groups excluding carboxylic acids is 1. The molecule has 1 aromatic carbocycles. The van der Waals surface area contributed by atoms with Crippen molar-refractivity contribution in [1.82, 2.24) is 10.6 Å². The van der Waals surface area contributed by atoms with E-state index in [1.807, 2.05) is 13.8 Å². The molecule has 94 valence electrons. The highest BCUT2D eigenvalue weighted by Gasteiger charge is 2.08. The number of nitrogens with one attached hydrogen (secondary N) is 2. The first-order valence-electron chi connectivity index (χ1n) is 6.30. The van der Waals surface area contributed by atoms with Gasteiger partial charge in [0.2, 0.25) is 0 Å². The van der Waals surface area contributed by atoms with Crippen LogP contribution in [0.15, 0.2) is 24.3 Å². The molecule has 0 saturated heterocycles. The Kier molecular flexibility index (Phi) is 5.53. The van der Waals surface area contributed by atoms with Crippen LogP contribution in [0.1, 0.15) is 44.4 Å². The van der Waals surface area contributed by atoms with Crippen molar-refractivity contribution in [2.24, 2.45) is 0 Å². The van der Waals surface area contributed by atoms with E-state index in [0.717, 1.165) is 18.4 Å². The lowest BCUT2D eigenvalue weighted by atomic mass is 10.1. The molecular formula is C14H22N2O. The lowest BCUT2D eigenvalue weighted by Gasteiger charge is -2.15. The molecule has 2 amide bonds. The van der Waals surface area contributed by atoms with Gasteiger partial charge in [0.15, 0.2) is 0 Å². The van der Waals surface area contributed by atoms with E-state index in [9.17, 15) is 4.79 Å². The van der Waals surface area contributed by atoms with Crippen molar-refractivity contribution in [2.75, 3.05) is 6.54 Å². The monoisotopic (exact) mass is 234 g/mol. The smallest absolute Gasteiger partial charge is 0.315 e. The first-order chi connectivity index (χ1) is 8.17. The highest BCUT2D eigenvalue weighted by molar-refractivity contribution is 5.74. The minimum Gasteiger partial charge on any atom is -0.338 e. The summed E-state index contributed by atoms with van der Waals surface area (Å²) < 4.78 is 0. The average Bonchev–Trinajstić information content (AvgIpc) is 2.36. The van der Waals surface area contributed by atoms with Crippen LogP contribution in [0.3, 0.4) is 0 Å². The van der Waals surface area contributed by atoms with Gasteiger partial charge in [0, 0.05) is 6.54 Å². The van der Waals surface area contributed by atoms with Crippen LogP contribution in [0.25, 0.3) is 0 Å². The maximum Gasteiger partial charge on any atom is 0.315 e. The highest BCUT2D eigenvalue weighted by Crippen LogP contribution is 2.13. The number of hydrogen-bond donors (Lipinski definition) is 2. The van der Waals surface area contributed by atoms with Gasteiger partial charge < -0.3 is 10.6 Å². The van der Waals surface area contributed by atoms with Crippen molar-refractivity contribution < 1.29 is 4.79 Å². The Bertz CT molecular complexity index is 346. The minimum absolute atomic E-state index is 0.0396. The lowest BCUT2D eigenvalue weighted by molar-refractivity contribution is 0.238. The quantitative estimate of drug-likeness (QED) is 0.808. The summed E-state index contributed by atoms with van der Waals surface area (Å²) in [4.78, 5) is 11.5. The average molecular weight is 234 g/mol. The second-order valence-electron chi connectivity index (χ2n) is 4.22. The molecule has 0 aliphatic heterocycles. The number of urea groups is 1. The first kappa shape index (κ1) is 13.6. The third kappa shape index (κ3) is 4.47. The number of benzene rings is 1. The summed E-state index contributed by atoms with van der Waals surface area (Å²) in [5.41, 5.74) is 2.45. The number of carbonyl (C=O) groups is 1. The van der Waals surface area contributed by atoms with Gasteiger partial charge in [-0.05, 0) is 30.9 Å². The maximum absolute atomic E-state index is 11.5. The molecule has 17 heavy (non-hydrogen) atoms. The summed E-state index contributed by atoms with van der Waals surface area (Å²) >= 11 is 0. The third-order valence-corrected chi connectivity index (χ3v) is 2.77. The maximum atomic E-state index is 11.5. The fourth-order valence-electron chi connectivity index (χ4n) is 1.61. The Morgan fingerprint density at radius 1 is 1.24 bits per heavy atom. The van der Waals surface area contributed by atoms with Gasteiger partial charge in [0.1, 0.15) is 0 Å². The fraction of sp³-hybridized carbons (Fsp3) is 0.500. The van der Waals surface area contributed by atoms with Crippen LogP contribution in [0.5, 0.6) is 0 Å². The largest absolute Gasteiger partial charge is 0.338 e. The van der Waals surface area contributed by atoms with Crippen molar-refractivity contribution in [1.29, 1.82) is 0 Å². The minimum atomic E-state index is -0.0982. The van der Waals surface area contributed by atoms with Crippen LogP contribution in [-0.2, 0) is 6.42 Å². The van der Waals surface area contributed by atoms with Gasteiger partial charge in [0.05, 0.1) is 6.04 Å². The molecule has 0 aromatic heterocycles. The van der Waals surface area contributed by atoms with Crippen molar-refractivity contribution >= 4 is 6.03 Å². The van der Waals surface area contributed by atoms with Gasteiger partial charge >= 0.3 is 6.03 Å². The summed E-state index contributed by atoms with van der Waals surface area (Å²) in [7, 11) is 0. The Hall–Kier alpha value is -1.51. The molecular weight excluding hydrogens is 212 g/mol. The Morgan fingerprint density at radius 2 is 1.88 bits per heavy atom. The summed E-state index contributed by atoms with van der Waals surface area (Å²) in [6.07, 6.45) is 1.99. The molecule has 0 fully saturated rings. The molecule has 1 atom stereocenters. The van der Waals surface area contributed by atoms with E-state index in [0.29, 0.717) is 6.54 Å². The summed E-state index contributed by atoms with van der Waals surface area (Å²) in [5.74, 6) is 0. The van der Waals surface area contributed by atoms with Crippen molar-refractivity contribution in [3.8, 4) is 0 Å². The zero-order valence-corrected chi connectivity index (χ0v) is 10.9. The molecule has 0 bridgehead atoms. The molecule has 1 aromatic rings. The van der Waals surface area contributed by atoms with E-state index in [2.05, 4.69) is 41.8 Å². The summed E-state index contributed by atoms with van der Waals surface area (Å²) in [6.45, 7) is 6.88. The van der Waals surface area contributed by atoms with E-state index >= 15 is 0 Å². The molecule has 1 unspecified atom stereocenters. The van der Waals surface area contributed by atoms with Crippen LogP contribution < -0.4 is 10.6 Å². The zero-order valence-electron chi connectivity index (χ0n) is 10.9. The van der Waals surface area contributed by atoms with Crippen molar-refractivity contribution in [3.05, 3.63) is 35.4 Å². The van der Waals surface area contributed by atoms with Crippen LogP contribution in [-0.4, -0.2) is 12.6 Å². The second-order valence-corrected chi connectivity index (χ2v) is 4.22. The van der Waals surface area contributed by atoms with Crippen molar-refractivity contribution in [3.63, 3.8) is 0 Å². The number of rotatable bonds is 5. The highest BCUT2D eigenvalue weighted by atomic mass is 16.2. The Morgan fingerprint density at radius 3 is 2.41 bits per heavy atom. The van der Waals surface area contributed by atoms with Crippen LogP contribution in [0.2, 0.25) is 0 Å². The third-order valence-electron chi connectivity index (χ3n) is 2.77. The van der Waals surface area contributed by atoms with Crippen LogP contribution in [0, 0.1) is 0 Å². The topological polar surface area (TPSA) is 41.1 Å². The number of hydrogen-bond acceptors (Lipinski definition) is 1. The van der Waals surface area contributed by atoms with Crippen molar-refractivity contribution in [2.45, 2.75) is 39.7 Å². The molecule has 0 heterocycles. The zero-order chi connectivity index (χ0) is 12.7. The van der Waals surface area contributed by atoms with Gasteiger partial charge in [-0.25, -0.2) is 4.79 Å². The summed E-state index contributed by atoms with van der Waals surface area (Å²) in [6, 6.07) is 8.30.